The molecule has 2 atom stereocenters. The molecule has 1 aliphatic rings. The monoisotopic (exact) mass is 285 g/mol. The number of benzene rings is 1. The molecule has 1 aromatic carbocycles. The van der Waals surface area contributed by atoms with Gasteiger partial charge in [0, 0.05) is 11.4 Å². The number of aromatic nitrogens is 1. The highest BCUT2D eigenvalue weighted by atomic mass is 16.2. The van der Waals surface area contributed by atoms with Crippen molar-refractivity contribution in [2.45, 2.75) is 25.3 Å². The fourth-order valence-corrected chi connectivity index (χ4v) is 3.09. The lowest BCUT2D eigenvalue weighted by molar-refractivity contribution is 0.0923. The van der Waals surface area contributed by atoms with Crippen molar-refractivity contribution in [1.82, 2.24) is 10.3 Å². The van der Waals surface area contributed by atoms with Crippen molar-refractivity contribution in [2.24, 2.45) is 11.7 Å². The highest BCUT2D eigenvalue weighted by molar-refractivity contribution is 5.96. The van der Waals surface area contributed by atoms with Crippen molar-refractivity contribution < 1.29 is 4.79 Å². The summed E-state index contributed by atoms with van der Waals surface area (Å²) in [6, 6.07) is 9.07. The average molecular weight is 285 g/mol. The maximum Gasteiger partial charge on any atom is 0.268 e. The summed E-state index contributed by atoms with van der Waals surface area (Å²) in [5, 5.41) is 4.36. The quantitative estimate of drug-likeness (QED) is 0.796. The third kappa shape index (κ3) is 2.69. The Hall–Kier alpha value is -2.14. The first kappa shape index (κ1) is 13.8. The van der Waals surface area contributed by atoms with E-state index < -0.39 is 0 Å². The second-order valence-corrected chi connectivity index (χ2v) is 5.61. The summed E-state index contributed by atoms with van der Waals surface area (Å²) in [6.45, 7) is 0.583. The first-order valence-corrected chi connectivity index (χ1v) is 7.32. The molecule has 0 spiro atoms. The summed E-state index contributed by atoms with van der Waals surface area (Å²) in [6.07, 6.45) is 3.09. The Balaban J connectivity index is 1.86. The van der Waals surface area contributed by atoms with Crippen LogP contribution in [0.3, 0.4) is 0 Å². The fraction of sp³-hybridized carbons (Fsp3) is 0.375. The molecule has 1 fully saturated rings. The van der Waals surface area contributed by atoms with Crippen molar-refractivity contribution in [1.29, 1.82) is 0 Å². The van der Waals surface area contributed by atoms with E-state index in [1.165, 1.54) is 0 Å². The van der Waals surface area contributed by atoms with Gasteiger partial charge < -0.3 is 16.0 Å². The van der Waals surface area contributed by atoms with Crippen molar-refractivity contribution in [3.05, 3.63) is 46.4 Å². The molecule has 0 radical (unpaired) electrons. The van der Waals surface area contributed by atoms with Crippen molar-refractivity contribution in [3.8, 4) is 0 Å². The number of nitrogens with one attached hydrogen (secondary N) is 2. The standard InChI is InChI=1S/C16H19N3O2/c17-9-11-5-3-7-13(11)18-16(21)14-8-10-4-1-2-6-12(10)15(20)19-14/h1-2,4,6,8,11,13H,3,5,7,9,17H2,(H,18,21)(H,19,20). The summed E-state index contributed by atoms with van der Waals surface area (Å²) in [4.78, 5) is 27.0. The molecule has 1 heterocycles. The highest BCUT2D eigenvalue weighted by Crippen LogP contribution is 2.24. The Bertz CT molecular complexity index is 723. The van der Waals surface area contributed by atoms with Gasteiger partial charge in [-0.25, -0.2) is 0 Å². The molecule has 1 saturated carbocycles. The average Bonchev–Trinajstić information content (AvgIpc) is 2.94. The molecule has 2 unspecified atom stereocenters. The molecule has 110 valence electrons. The molecular weight excluding hydrogens is 266 g/mol. The lowest BCUT2D eigenvalue weighted by atomic mass is 10.0. The van der Waals surface area contributed by atoms with Gasteiger partial charge in [0.05, 0.1) is 0 Å². The molecule has 0 bridgehead atoms. The van der Waals surface area contributed by atoms with E-state index in [9.17, 15) is 9.59 Å². The lowest BCUT2D eigenvalue weighted by Gasteiger charge is -2.19. The molecule has 1 aromatic heterocycles. The van der Waals surface area contributed by atoms with E-state index in [-0.39, 0.29) is 17.5 Å². The molecule has 2 aromatic rings. The van der Waals surface area contributed by atoms with Gasteiger partial charge in [0.15, 0.2) is 0 Å². The van der Waals surface area contributed by atoms with E-state index >= 15 is 0 Å². The number of hydrogen-bond donors (Lipinski definition) is 3. The van der Waals surface area contributed by atoms with Crippen LogP contribution in [0.1, 0.15) is 29.8 Å². The number of carbonyl (C=O) groups excluding carboxylic acids is 1. The molecule has 0 aliphatic heterocycles. The first-order valence-electron chi connectivity index (χ1n) is 7.32. The Morgan fingerprint density at radius 2 is 2.14 bits per heavy atom. The molecule has 4 N–H and O–H groups in total. The zero-order valence-electron chi connectivity index (χ0n) is 11.8. The number of nitrogens with two attached hydrogens (primary N) is 1. The lowest BCUT2D eigenvalue weighted by Crippen LogP contribution is -2.40. The molecule has 0 saturated heterocycles. The van der Waals surface area contributed by atoms with Crippen LogP contribution in [-0.4, -0.2) is 23.5 Å². The largest absolute Gasteiger partial charge is 0.348 e. The Morgan fingerprint density at radius 1 is 1.33 bits per heavy atom. The highest BCUT2D eigenvalue weighted by Gasteiger charge is 2.27. The zero-order valence-corrected chi connectivity index (χ0v) is 11.8. The van der Waals surface area contributed by atoms with E-state index in [4.69, 9.17) is 5.73 Å². The van der Waals surface area contributed by atoms with Crippen LogP contribution in [0.15, 0.2) is 35.1 Å². The number of hydrogen-bond acceptors (Lipinski definition) is 3. The van der Waals surface area contributed by atoms with E-state index in [1.807, 2.05) is 18.2 Å². The summed E-state index contributed by atoms with van der Waals surface area (Å²) >= 11 is 0. The molecule has 5 nitrogen and oxygen atoms in total. The number of H-pyrrole nitrogens is 1. The maximum absolute atomic E-state index is 12.3. The van der Waals surface area contributed by atoms with Crippen LogP contribution in [0.4, 0.5) is 0 Å². The van der Waals surface area contributed by atoms with E-state index in [2.05, 4.69) is 10.3 Å². The minimum Gasteiger partial charge on any atom is -0.348 e. The van der Waals surface area contributed by atoms with Crippen LogP contribution >= 0.6 is 0 Å². The number of rotatable bonds is 3. The second-order valence-electron chi connectivity index (χ2n) is 5.61. The second kappa shape index (κ2) is 5.69. The van der Waals surface area contributed by atoms with Crippen molar-refractivity contribution in [3.63, 3.8) is 0 Å². The van der Waals surface area contributed by atoms with E-state index in [0.717, 1.165) is 24.6 Å². The van der Waals surface area contributed by atoms with Crippen LogP contribution in [0.2, 0.25) is 0 Å². The van der Waals surface area contributed by atoms with Gasteiger partial charge in [-0.15, -0.1) is 0 Å². The van der Waals surface area contributed by atoms with Gasteiger partial charge in [0.25, 0.3) is 11.5 Å². The van der Waals surface area contributed by atoms with Gasteiger partial charge in [-0.1, -0.05) is 24.6 Å². The number of amides is 1. The van der Waals surface area contributed by atoms with Crippen molar-refractivity contribution >= 4 is 16.7 Å². The summed E-state index contributed by atoms with van der Waals surface area (Å²) in [5.74, 6) is 0.101. The SMILES string of the molecule is NCC1CCCC1NC(=O)c1cc2ccccc2c(=O)[nH]1. The Labute approximate surface area is 122 Å². The summed E-state index contributed by atoms with van der Waals surface area (Å²) in [5.41, 5.74) is 5.80. The number of carbonyl (C=O) groups is 1. The molecule has 1 aliphatic carbocycles. The van der Waals surface area contributed by atoms with Gasteiger partial charge in [-0.3, -0.25) is 9.59 Å². The van der Waals surface area contributed by atoms with Crippen LogP contribution in [-0.2, 0) is 0 Å². The van der Waals surface area contributed by atoms with Gasteiger partial charge in [0.1, 0.15) is 5.69 Å². The molecular formula is C16H19N3O2. The fourth-order valence-electron chi connectivity index (χ4n) is 3.09. The van der Waals surface area contributed by atoms with Gasteiger partial charge in [0.2, 0.25) is 0 Å². The van der Waals surface area contributed by atoms with Crippen LogP contribution in [0, 0.1) is 5.92 Å². The Morgan fingerprint density at radius 3 is 2.95 bits per heavy atom. The van der Waals surface area contributed by atoms with Gasteiger partial charge in [-0.2, -0.15) is 0 Å². The molecule has 1 amide bonds. The Kier molecular flexibility index (Phi) is 3.75. The smallest absolute Gasteiger partial charge is 0.268 e. The first-order chi connectivity index (χ1) is 10.2. The molecule has 21 heavy (non-hydrogen) atoms. The minimum atomic E-state index is -0.236. The zero-order chi connectivity index (χ0) is 14.8. The van der Waals surface area contributed by atoms with E-state index in [1.54, 1.807) is 12.1 Å². The third-order valence-electron chi connectivity index (χ3n) is 4.28. The predicted octanol–water partition coefficient (Wildman–Crippen LogP) is 1.39. The van der Waals surface area contributed by atoms with Crippen LogP contribution in [0.25, 0.3) is 10.8 Å². The number of fused-ring (bicyclic) bond motifs is 1. The van der Waals surface area contributed by atoms with Crippen LogP contribution < -0.4 is 16.6 Å². The predicted molar refractivity (Wildman–Crippen MR) is 82.2 cm³/mol. The molecule has 5 heteroatoms. The van der Waals surface area contributed by atoms with E-state index in [0.29, 0.717) is 23.5 Å². The minimum absolute atomic E-state index is 0.109. The number of aromatic amines is 1. The maximum atomic E-state index is 12.3. The number of pyridine rings is 1. The topological polar surface area (TPSA) is 88.0 Å². The van der Waals surface area contributed by atoms with Gasteiger partial charge >= 0.3 is 0 Å². The third-order valence-corrected chi connectivity index (χ3v) is 4.28. The van der Waals surface area contributed by atoms with Gasteiger partial charge in [-0.05, 0) is 42.8 Å². The summed E-state index contributed by atoms with van der Waals surface area (Å²) in [7, 11) is 0. The molecule has 3 rings (SSSR count). The normalized spacial score (nSPS) is 21.6. The van der Waals surface area contributed by atoms with Crippen molar-refractivity contribution in [2.75, 3.05) is 6.54 Å². The summed E-state index contributed by atoms with van der Waals surface area (Å²) < 4.78 is 0. The van der Waals surface area contributed by atoms with Crippen LogP contribution in [0.5, 0.6) is 0 Å².